The Balaban J connectivity index is 3.27. The van der Waals surface area contributed by atoms with Gasteiger partial charge < -0.3 is 0 Å². The van der Waals surface area contributed by atoms with Crippen LogP contribution in [0.2, 0.25) is 0 Å². The van der Waals surface area contributed by atoms with E-state index >= 15 is 0 Å². The summed E-state index contributed by atoms with van der Waals surface area (Å²) < 4.78 is 3.33. The van der Waals surface area contributed by atoms with Crippen molar-refractivity contribution in [1.82, 2.24) is 4.72 Å². The number of rotatable bonds is 5. The van der Waals surface area contributed by atoms with E-state index in [9.17, 15) is 0 Å². The SMILES string of the molecule is CCC(C)CC(C)NSC. The summed E-state index contributed by atoms with van der Waals surface area (Å²) >= 11 is 1.71. The van der Waals surface area contributed by atoms with Crippen molar-refractivity contribution in [2.75, 3.05) is 6.26 Å². The molecule has 0 fully saturated rings. The molecule has 0 aliphatic rings. The van der Waals surface area contributed by atoms with Gasteiger partial charge in [0, 0.05) is 6.04 Å². The quantitative estimate of drug-likeness (QED) is 0.622. The van der Waals surface area contributed by atoms with Crippen LogP contribution < -0.4 is 4.72 Å². The van der Waals surface area contributed by atoms with E-state index in [1.807, 2.05) is 0 Å². The Labute approximate surface area is 69.1 Å². The summed E-state index contributed by atoms with van der Waals surface area (Å²) in [4.78, 5) is 0. The molecule has 0 aliphatic heterocycles. The summed E-state index contributed by atoms with van der Waals surface area (Å²) in [6.07, 6.45) is 4.66. The molecule has 0 aliphatic carbocycles. The molecule has 2 unspecified atom stereocenters. The third-order valence-electron chi connectivity index (χ3n) is 1.77. The molecule has 2 heteroatoms. The van der Waals surface area contributed by atoms with Crippen molar-refractivity contribution < 1.29 is 0 Å². The molecular weight excluding hydrogens is 142 g/mol. The van der Waals surface area contributed by atoms with Gasteiger partial charge in [-0.1, -0.05) is 32.2 Å². The zero-order valence-electron chi connectivity index (χ0n) is 7.48. The Morgan fingerprint density at radius 1 is 1.40 bits per heavy atom. The third kappa shape index (κ3) is 5.12. The van der Waals surface area contributed by atoms with Crippen LogP contribution in [-0.2, 0) is 0 Å². The molecule has 0 aromatic carbocycles. The normalized spacial score (nSPS) is 16.8. The first-order valence-corrected chi connectivity index (χ1v) is 5.21. The van der Waals surface area contributed by atoms with Crippen LogP contribution in [0.25, 0.3) is 0 Å². The van der Waals surface area contributed by atoms with E-state index in [-0.39, 0.29) is 0 Å². The maximum atomic E-state index is 3.33. The lowest BCUT2D eigenvalue weighted by molar-refractivity contribution is 0.456. The van der Waals surface area contributed by atoms with Crippen molar-refractivity contribution >= 4 is 11.9 Å². The Morgan fingerprint density at radius 3 is 2.40 bits per heavy atom. The predicted octanol–water partition coefficient (Wildman–Crippen LogP) is 2.68. The van der Waals surface area contributed by atoms with Gasteiger partial charge in [0.25, 0.3) is 0 Å². The van der Waals surface area contributed by atoms with Gasteiger partial charge in [-0.05, 0) is 25.5 Å². The fourth-order valence-electron chi connectivity index (χ4n) is 1.02. The topological polar surface area (TPSA) is 12.0 Å². The van der Waals surface area contributed by atoms with Crippen LogP contribution in [0.1, 0.15) is 33.6 Å². The molecule has 0 heterocycles. The minimum Gasteiger partial charge on any atom is -0.262 e. The van der Waals surface area contributed by atoms with Crippen molar-refractivity contribution in [1.29, 1.82) is 0 Å². The second kappa shape index (κ2) is 6.05. The molecule has 0 rings (SSSR count). The average Bonchev–Trinajstić information content (AvgIpc) is 1.88. The lowest BCUT2D eigenvalue weighted by atomic mass is 10.0. The van der Waals surface area contributed by atoms with Gasteiger partial charge in [-0.2, -0.15) is 0 Å². The highest BCUT2D eigenvalue weighted by Crippen LogP contribution is 2.10. The van der Waals surface area contributed by atoms with Crippen molar-refractivity contribution in [3.8, 4) is 0 Å². The molecule has 62 valence electrons. The van der Waals surface area contributed by atoms with E-state index in [2.05, 4.69) is 31.7 Å². The first-order valence-electron chi connectivity index (χ1n) is 3.99. The minimum atomic E-state index is 0.657. The molecule has 0 aromatic heterocycles. The first kappa shape index (κ1) is 10.3. The molecule has 0 bridgehead atoms. The van der Waals surface area contributed by atoms with Crippen molar-refractivity contribution in [2.24, 2.45) is 5.92 Å². The molecule has 1 N–H and O–H groups in total. The van der Waals surface area contributed by atoms with Crippen LogP contribution in [0.5, 0.6) is 0 Å². The Kier molecular flexibility index (Phi) is 6.24. The lowest BCUT2D eigenvalue weighted by Gasteiger charge is -2.15. The zero-order valence-corrected chi connectivity index (χ0v) is 8.29. The summed E-state index contributed by atoms with van der Waals surface area (Å²) in [6, 6.07) is 0.657. The van der Waals surface area contributed by atoms with Gasteiger partial charge in [0.2, 0.25) is 0 Å². The standard InChI is InChI=1S/C8H19NS/c1-5-7(2)6-8(3)9-10-4/h7-9H,5-6H2,1-4H3. The minimum absolute atomic E-state index is 0.657. The average molecular weight is 161 g/mol. The maximum absolute atomic E-state index is 3.33. The molecule has 0 amide bonds. The highest BCUT2D eigenvalue weighted by molar-refractivity contribution is 7.96. The molecule has 0 radical (unpaired) electrons. The fourth-order valence-corrected chi connectivity index (χ4v) is 1.52. The van der Waals surface area contributed by atoms with Gasteiger partial charge in [-0.15, -0.1) is 0 Å². The number of hydrogen-bond donors (Lipinski definition) is 1. The Morgan fingerprint density at radius 2 is 2.00 bits per heavy atom. The Hall–Kier alpha value is 0.310. The van der Waals surface area contributed by atoms with Gasteiger partial charge in [0.1, 0.15) is 0 Å². The molecule has 0 spiro atoms. The van der Waals surface area contributed by atoms with Crippen molar-refractivity contribution in [3.63, 3.8) is 0 Å². The first-order chi connectivity index (χ1) is 4.70. The molecular formula is C8H19NS. The highest BCUT2D eigenvalue weighted by atomic mass is 32.2. The van der Waals surface area contributed by atoms with E-state index in [1.165, 1.54) is 12.8 Å². The molecule has 2 atom stereocenters. The van der Waals surface area contributed by atoms with E-state index in [1.54, 1.807) is 11.9 Å². The van der Waals surface area contributed by atoms with E-state index < -0.39 is 0 Å². The molecule has 1 nitrogen and oxygen atoms in total. The van der Waals surface area contributed by atoms with Gasteiger partial charge in [0.15, 0.2) is 0 Å². The molecule has 10 heavy (non-hydrogen) atoms. The highest BCUT2D eigenvalue weighted by Gasteiger charge is 2.04. The van der Waals surface area contributed by atoms with Gasteiger partial charge in [0.05, 0.1) is 0 Å². The van der Waals surface area contributed by atoms with Crippen molar-refractivity contribution in [2.45, 2.75) is 39.7 Å². The molecule has 0 saturated heterocycles. The largest absolute Gasteiger partial charge is 0.262 e. The van der Waals surface area contributed by atoms with E-state index in [0.717, 1.165) is 5.92 Å². The monoisotopic (exact) mass is 161 g/mol. The smallest absolute Gasteiger partial charge is 0.0146 e. The Bertz CT molecular complexity index is 75.7. The van der Waals surface area contributed by atoms with Crippen LogP contribution in [-0.4, -0.2) is 12.3 Å². The van der Waals surface area contributed by atoms with Crippen LogP contribution >= 0.6 is 11.9 Å². The van der Waals surface area contributed by atoms with Gasteiger partial charge >= 0.3 is 0 Å². The number of nitrogens with one attached hydrogen (secondary N) is 1. The van der Waals surface area contributed by atoms with Crippen LogP contribution in [0, 0.1) is 5.92 Å². The molecule has 0 aromatic rings. The predicted molar refractivity (Wildman–Crippen MR) is 50.2 cm³/mol. The van der Waals surface area contributed by atoms with Gasteiger partial charge in [-0.3, -0.25) is 4.72 Å². The van der Waals surface area contributed by atoms with Crippen LogP contribution in [0.3, 0.4) is 0 Å². The van der Waals surface area contributed by atoms with Gasteiger partial charge in [-0.25, -0.2) is 0 Å². The summed E-state index contributed by atoms with van der Waals surface area (Å²) in [5, 5.41) is 0. The zero-order chi connectivity index (χ0) is 7.98. The second-order valence-corrected chi connectivity index (χ2v) is 3.62. The summed E-state index contributed by atoms with van der Waals surface area (Å²) in [5.74, 6) is 0.856. The summed E-state index contributed by atoms with van der Waals surface area (Å²) in [5.41, 5.74) is 0. The summed E-state index contributed by atoms with van der Waals surface area (Å²) in [6.45, 7) is 6.79. The van der Waals surface area contributed by atoms with Crippen molar-refractivity contribution in [3.05, 3.63) is 0 Å². The summed E-state index contributed by atoms with van der Waals surface area (Å²) in [7, 11) is 0. The van der Waals surface area contributed by atoms with E-state index in [0.29, 0.717) is 6.04 Å². The van der Waals surface area contributed by atoms with Crippen LogP contribution in [0.4, 0.5) is 0 Å². The number of hydrogen-bond acceptors (Lipinski definition) is 2. The fraction of sp³-hybridized carbons (Fsp3) is 1.00. The third-order valence-corrected chi connectivity index (χ3v) is 2.41. The van der Waals surface area contributed by atoms with Crippen LogP contribution in [0.15, 0.2) is 0 Å². The second-order valence-electron chi connectivity index (χ2n) is 2.97. The lowest BCUT2D eigenvalue weighted by Crippen LogP contribution is -2.20. The maximum Gasteiger partial charge on any atom is 0.0146 e. The van der Waals surface area contributed by atoms with E-state index in [4.69, 9.17) is 0 Å². The molecule has 0 saturated carbocycles.